The molecule has 1 fully saturated rings. The smallest absolute Gasteiger partial charge is 0.317 e. The van der Waals surface area contributed by atoms with Gasteiger partial charge in [-0.2, -0.15) is 5.10 Å². The van der Waals surface area contributed by atoms with Crippen LogP contribution >= 0.6 is 0 Å². The van der Waals surface area contributed by atoms with Crippen molar-refractivity contribution in [3.8, 4) is 0 Å². The molecule has 7 nitrogen and oxygen atoms in total. The lowest BCUT2D eigenvalue weighted by Gasteiger charge is -2.35. The van der Waals surface area contributed by atoms with Gasteiger partial charge in [-0.05, 0) is 24.7 Å². The Morgan fingerprint density at radius 2 is 2.43 bits per heavy atom. The van der Waals surface area contributed by atoms with Crippen molar-refractivity contribution >= 4 is 12.0 Å². The standard InChI is InChI=1S/C14H22N4O3/c1-10(5-13(19)20)12-3-2-4-18(9-12)14(21)15-6-11-7-16-17-8-11/h7-8,10,12H,2-6,9H2,1H3,(H,15,21)(H,16,17)(H,19,20). The number of urea groups is 1. The molecule has 0 aromatic carbocycles. The number of amides is 2. The average molecular weight is 294 g/mol. The van der Waals surface area contributed by atoms with E-state index in [0.29, 0.717) is 13.1 Å². The molecule has 1 saturated heterocycles. The molecule has 1 aromatic rings. The number of hydrogen-bond donors (Lipinski definition) is 3. The Hall–Kier alpha value is -2.05. The lowest BCUT2D eigenvalue weighted by Crippen LogP contribution is -2.46. The molecule has 0 saturated carbocycles. The number of H-pyrrole nitrogens is 1. The minimum absolute atomic E-state index is 0.0898. The third-order valence-electron chi connectivity index (χ3n) is 4.04. The lowest BCUT2D eigenvalue weighted by atomic mass is 9.85. The van der Waals surface area contributed by atoms with E-state index in [-0.39, 0.29) is 24.3 Å². The summed E-state index contributed by atoms with van der Waals surface area (Å²) in [6.07, 6.45) is 5.49. The summed E-state index contributed by atoms with van der Waals surface area (Å²) < 4.78 is 0. The molecule has 116 valence electrons. The highest BCUT2D eigenvalue weighted by atomic mass is 16.4. The van der Waals surface area contributed by atoms with Gasteiger partial charge in [-0.1, -0.05) is 6.92 Å². The van der Waals surface area contributed by atoms with Crippen LogP contribution in [0.4, 0.5) is 4.79 Å². The summed E-state index contributed by atoms with van der Waals surface area (Å²) >= 11 is 0. The van der Waals surface area contributed by atoms with E-state index < -0.39 is 5.97 Å². The summed E-state index contributed by atoms with van der Waals surface area (Å²) in [7, 11) is 0. The Morgan fingerprint density at radius 3 is 3.10 bits per heavy atom. The zero-order valence-corrected chi connectivity index (χ0v) is 12.2. The quantitative estimate of drug-likeness (QED) is 0.765. The fourth-order valence-corrected chi connectivity index (χ4v) is 2.76. The van der Waals surface area contributed by atoms with Crippen molar-refractivity contribution in [3.05, 3.63) is 18.0 Å². The topological polar surface area (TPSA) is 98.3 Å². The number of carbonyl (C=O) groups excluding carboxylic acids is 1. The summed E-state index contributed by atoms with van der Waals surface area (Å²) in [6, 6.07) is -0.0941. The van der Waals surface area contributed by atoms with E-state index in [1.54, 1.807) is 17.3 Å². The molecule has 2 unspecified atom stereocenters. The van der Waals surface area contributed by atoms with E-state index in [1.807, 2.05) is 6.92 Å². The highest BCUT2D eigenvalue weighted by molar-refractivity contribution is 5.74. The first-order chi connectivity index (χ1) is 10.1. The fourth-order valence-electron chi connectivity index (χ4n) is 2.76. The molecular weight excluding hydrogens is 272 g/mol. The predicted octanol–water partition coefficient (Wildman–Crippen LogP) is 1.44. The Labute approximate surface area is 123 Å². The van der Waals surface area contributed by atoms with Crippen LogP contribution in [0.5, 0.6) is 0 Å². The van der Waals surface area contributed by atoms with E-state index in [1.165, 1.54) is 0 Å². The summed E-state index contributed by atoms with van der Waals surface area (Å²) in [5.41, 5.74) is 0.927. The molecule has 1 aromatic heterocycles. The minimum Gasteiger partial charge on any atom is -0.481 e. The van der Waals surface area contributed by atoms with Crippen molar-refractivity contribution in [2.24, 2.45) is 11.8 Å². The van der Waals surface area contributed by atoms with E-state index >= 15 is 0 Å². The van der Waals surface area contributed by atoms with E-state index in [0.717, 1.165) is 24.9 Å². The molecule has 1 aliphatic rings. The van der Waals surface area contributed by atoms with Gasteiger partial charge in [0.15, 0.2) is 0 Å². The maximum absolute atomic E-state index is 12.2. The Balaban J connectivity index is 1.82. The number of likely N-dealkylation sites (tertiary alicyclic amines) is 1. The molecule has 1 aliphatic heterocycles. The molecule has 2 amide bonds. The van der Waals surface area contributed by atoms with Crippen LogP contribution in [0.2, 0.25) is 0 Å². The van der Waals surface area contributed by atoms with Gasteiger partial charge >= 0.3 is 12.0 Å². The number of carboxylic acid groups (broad SMARTS) is 1. The van der Waals surface area contributed by atoms with Crippen LogP contribution in [0.15, 0.2) is 12.4 Å². The molecule has 2 rings (SSSR count). The van der Waals surface area contributed by atoms with Gasteiger partial charge in [0.05, 0.1) is 6.20 Å². The number of aliphatic carboxylic acids is 1. The van der Waals surface area contributed by atoms with Crippen molar-refractivity contribution in [3.63, 3.8) is 0 Å². The maximum Gasteiger partial charge on any atom is 0.317 e. The lowest BCUT2D eigenvalue weighted by molar-refractivity contribution is -0.138. The third kappa shape index (κ3) is 4.47. The first-order valence-electron chi connectivity index (χ1n) is 7.28. The molecule has 0 aliphatic carbocycles. The second-order valence-corrected chi connectivity index (χ2v) is 5.69. The van der Waals surface area contributed by atoms with Crippen LogP contribution in [0, 0.1) is 11.8 Å². The number of nitrogens with one attached hydrogen (secondary N) is 2. The van der Waals surface area contributed by atoms with E-state index in [2.05, 4.69) is 15.5 Å². The normalized spacial score (nSPS) is 20.0. The number of aromatic amines is 1. The number of carbonyl (C=O) groups is 2. The van der Waals surface area contributed by atoms with Gasteiger partial charge < -0.3 is 15.3 Å². The number of piperidine rings is 1. The van der Waals surface area contributed by atoms with Crippen LogP contribution in [0.25, 0.3) is 0 Å². The van der Waals surface area contributed by atoms with Crippen molar-refractivity contribution in [2.45, 2.75) is 32.7 Å². The second-order valence-electron chi connectivity index (χ2n) is 5.69. The van der Waals surface area contributed by atoms with E-state index in [9.17, 15) is 9.59 Å². The molecular formula is C14H22N4O3. The van der Waals surface area contributed by atoms with Crippen molar-refractivity contribution < 1.29 is 14.7 Å². The predicted molar refractivity (Wildman–Crippen MR) is 76.5 cm³/mol. The average Bonchev–Trinajstić information content (AvgIpc) is 2.97. The van der Waals surface area contributed by atoms with Crippen LogP contribution in [0.3, 0.4) is 0 Å². The number of aromatic nitrogens is 2. The van der Waals surface area contributed by atoms with Gasteiger partial charge in [0, 0.05) is 37.8 Å². The van der Waals surface area contributed by atoms with Crippen LogP contribution in [-0.2, 0) is 11.3 Å². The fraction of sp³-hybridized carbons (Fsp3) is 0.643. The summed E-state index contributed by atoms with van der Waals surface area (Å²) in [6.45, 7) is 3.76. The maximum atomic E-state index is 12.2. The number of carboxylic acids is 1. The second kappa shape index (κ2) is 7.10. The number of nitrogens with zero attached hydrogens (tertiary/aromatic N) is 2. The molecule has 21 heavy (non-hydrogen) atoms. The van der Waals surface area contributed by atoms with Gasteiger partial charge in [0.2, 0.25) is 0 Å². The molecule has 0 spiro atoms. The van der Waals surface area contributed by atoms with Gasteiger partial charge in [-0.15, -0.1) is 0 Å². The van der Waals surface area contributed by atoms with Crippen LogP contribution in [-0.4, -0.2) is 45.3 Å². The van der Waals surface area contributed by atoms with Crippen molar-refractivity contribution in [1.82, 2.24) is 20.4 Å². The van der Waals surface area contributed by atoms with Gasteiger partial charge in [0.25, 0.3) is 0 Å². The summed E-state index contributed by atoms with van der Waals surface area (Å²) in [5, 5.41) is 18.3. The van der Waals surface area contributed by atoms with Crippen LogP contribution < -0.4 is 5.32 Å². The SMILES string of the molecule is CC(CC(=O)O)C1CCCN(C(=O)NCc2cn[nH]c2)C1. The zero-order valence-electron chi connectivity index (χ0n) is 12.2. The first kappa shape index (κ1) is 15.3. The number of rotatable bonds is 5. The van der Waals surface area contributed by atoms with E-state index in [4.69, 9.17) is 5.11 Å². The van der Waals surface area contributed by atoms with Gasteiger partial charge in [-0.25, -0.2) is 4.79 Å². The van der Waals surface area contributed by atoms with Gasteiger partial charge in [-0.3, -0.25) is 9.89 Å². The number of hydrogen-bond acceptors (Lipinski definition) is 3. The largest absolute Gasteiger partial charge is 0.481 e. The highest BCUT2D eigenvalue weighted by Gasteiger charge is 2.28. The highest BCUT2D eigenvalue weighted by Crippen LogP contribution is 2.26. The molecule has 2 atom stereocenters. The third-order valence-corrected chi connectivity index (χ3v) is 4.04. The van der Waals surface area contributed by atoms with Crippen molar-refractivity contribution in [1.29, 1.82) is 0 Å². The first-order valence-corrected chi connectivity index (χ1v) is 7.28. The zero-order chi connectivity index (χ0) is 15.2. The summed E-state index contributed by atoms with van der Waals surface area (Å²) in [4.78, 5) is 24.7. The molecule has 3 N–H and O–H groups in total. The Kier molecular flexibility index (Phi) is 5.19. The Morgan fingerprint density at radius 1 is 1.62 bits per heavy atom. The minimum atomic E-state index is -0.774. The molecule has 2 heterocycles. The van der Waals surface area contributed by atoms with Gasteiger partial charge in [0.1, 0.15) is 0 Å². The Bertz CT molecular complexity index is 475. The molecule has 0 bridgehead atoms. The molecule has 7 heteroatoms. The monoisotopic (exact) mass is 294 g/mol. The van der Waals surface area contributed by atoms with Crippen LogP contribution in [0.1, 0.15) is 31.7 Å². The van der Waals surface area contributed by atoms with Crippen molar-refractivity contribution in [2.75, 3.05) is 13.1 Å². The molecule has 0 radical (unpaired) electrons. The summed E-state index contributed by atoms with van der Waals surface area (Å²) in [5.74, 6) is -0.425.